The van der Waals surface area contributed by atoms with E-state index in [4.69, 9.17) is 0 Å². The standard InChI is InChI=1S/C16H27N3S/c1-13(2)9-14-10-18-16(5-3-4-6-16)12-19(14)11-15-17-7-8-20-15/h7-8,13-14,18H,3-6,9-12H2,1-2H3. The summed E-state index contributed by atoms with van der Waals surface area (Å²) in [4.78, 5) is 7.20. The minimum Gasteiger partial charge on any atom is -0.308 e. The predicted molar refractivity (Wildman–Crippen MR) is 85.0 cm³/mol. The lowest BCUT2D eigenvalue weighted by atomic mass is 9.90. The first-order valence-electron chi connectivity index (χ1n) is 8.04. The second-order valence-corrected chi connectivity index (χ2v) is 7.96. The van der Waals surface area contributed by atoms with Gasteiger partial charge >= 0.3 is 0 Å². The van der Waals surface area contributed by atoms with Gasteiger partial charge in [0.2, 0.25) is 0 Å². The largest absolute Gasteiger partial charge is 0.308 e. The molecule has 2 fully saturated rings. The summed E-state index contributed by atoms with van der Waals surface area (Å²) in [7, 11) is 0. The SMILES string of the molecule is CC(C)CC1CNC2(CCCC2)CN1Cc1nccs1. The van der Waals surface area contributed by atoms with Gasteiger partial charge < -0.3 is 5.32 Å². The van der Waals surface area contributed by atoms with Gasteiger partial charge in [-0.15, -0.1) is 11.3 Å². The van der Waals surface area contributed by atoms with E-state index in [2.05, 4.69) is 34.4 Å². The Labute approximate surface area is 126 Å². The first-order valence-corrected chi connectivity index (χ1v) is 8.92. The molecule has 1 aromatic rings. The van der Waals surface area contributed by atoms with E-state index >= 15 is 0 Å². The van der Waals surface area contributed by atoms with Crippen LogP contribution in [0.2, 0.25) is 0 Å². The van der Waals surface area contributed by atoms with Gasteiger partial charge in [0.1, 0.15) is 5.01 Å². The number of nitrogens with one attached hydrogen (secondary N) is 1. The van der Waals surface area contributed by atoms with Crippen molar-refractivity contribution in [3.05, 3.63) is 16.6 Å². The van der Waals surface area contributed by atoms with E-state index in [1.807, 2.05) is 6.20 Å². The van der Waals surface area contributed by atoms with Crippen LogP contribution in [0, 0.1) is 5.92 Å². The lowest BCUT2D eigenvalue weighted by Crippen LogP contribution is -2.62. The molecule has 3 rings (SSSR count). The van der Waals surface area contributed by atoms with Crippen LogP contribution < -0.4 is 5.32 Å². The topological polar surface area (TPSA) is 28.2 Å². The first-order chi connectivity index (χ1) is 9.67. The van der Waals surface area contributed by atoms with E-state index in [-0.39, 0.29) is 0 Å². The van der Waals surface area contributed by atoms with Gasteiger partial charge in [-0.25, -0.2) is 4.98 Å². The number of piperazine rings is 1. The minimum atomic E-state index is 0.407. The van der Waals surface area contributed by atoms with Crippen LogP contribution in [0.25, 0.3) is 0 Å². The summed E-state index contributed by atoms with van der Waals surface area (Å²) in [5.74, 6) is 0.762. The fraction of sp³-hybridized carbons (Fsp3) is 0.812. The molecule has 1 N–H and O–H groups in total. The zero-order chi connectivity index (χ0) is 14.0. The van der Waals surface area contributed by atoms with E-state index < -0.39 is 0 Å². The van der Waals surface area contributed by atoms with E-state index in [1.165, 1.54) is 43.7 Å². The van der Waals surface area contributed by atoms with Gasteiger partial charge in [-0.05, 0) is 25.2 Å². The third-order valence-corrected chi connectivity index (χ3v) is 5.63. The van der Waals surface area contributed by atoms with Gasteiger partial charge in [-0.1, -0.05) is 26.7 Å². The molecule has 20 heavy (non-hydrogen) atoms. The van der Waals surface area contributed by atoms with Crippen molar-refractivity contribution >= 4 is 11.3 Å². The summed E-state index contributed by atoms with van der Waals surface area (Å²) in [6.07, 6.45) is 8.73. The first kappa shape index (κ1) is 14.5. The van der Waals surface area contributed by atoms with Crippen molar-refractivity contribution in [1.29, 1.82) is 0 Å². The summed E-state index contributed by atoms with van der Waals surface area (Å²) >= 11 is 1.80. The molecular formula is C16H27N3S. The lowest BCUT2D eigenvalue weighted by molar-refractivity contribution is 0.0629. The molecule has 1 saturated heterocycles. The summed E-state index contributed by atoms with van der Waals surface area (Å²) in [6, 6.07) is 0.671. The molecule has 1 atom stereocenters. The third-order valence-electron chi connectivity index (χ3n) is 4.86. The second kappa shape index (κ2) is 6.12. The van der Waals surface area contributed by atoms with Crippen molar-refractivity contribution < 1.29 is 0 Å². The number of nitrogens with zero attached hydrogens (tertiary/aromatic N) is 2. The molecule has 2 heterocycles. The van der Waals surface area contributed by atoms with Crippen molar-refractivity contribution in [2.45, 2.75) is 64.1 Å². The number of hydrogen-bond acceptors (Lipinski definition) is 4. The lowest BCUT2D eigenvalue weighted by Gasteiger charge is -2.46. The average molecular weight is 293 g/mol. The molecule has 0 aromatic carbocycles. The van der Waals surface area contributed by atoms with Crippen molar-refractivity contribution in [2.24, 2.45) is 5.92 Å². The van der Waals surface area contributed by atoms with Crippen molar-refractivity contribution in [1.82, 2.24) is 15.2 Å². The molecule has 112 valence electrons. The Morgan fingerprint density at radius 2 is 2.25 bits per heavy atom. The Balaban J connectivity index is 1.71. The number of rotatable bonds is 4. The molecule has 0 radical (unpaired) electrons. The molecule has 3 nitrogen and oxygen atoms in total. The van der Waals surface area contributed by atoms with Crippen molar-refractivity contribution in [3.63, 3.8) is 0 Å². The molecular weight excluding hydrogens is 266 g/mol. The van der Waals surface area contributed by atoms with Gasteiger partial charge in [0.15, 0.2) is 0 Å². The van der Waals surface area contributed by atoms with E-state index in [0.29, 0.717) is 11.6 Å². The molecule has 0 bridgehead atoms. The highest BCUT2D eigenvalue weighted by molar-refractivity contribution is 7.09. The Morgan fingerprint density at radius 3 is 2.90 bits per heavy atom. The van der Waals surface area contributed by atoms with Crippen molar-refractivity contribution in [3.8, 4) is 0 Å². The fourth-order valence-corrected chi connectivity index (χ4v) is 4.53. The molecule has 1 unspecified atom stereocenters. The van der Waals surface area contributed by atoms with E-state index in [1.54, 1.807) is 11.3 Å². The molecule has 1 saturated carbocycles. The Bertz CT molecular complexity index is 409. The molecule has 2 aliphatic rings. The monoisotopic (exact) mass is 293 g/mol. The van der Waals surface area contributed by atoms with Gasteiger partial charge in [0, 0.05) is 36.2 Å². The zero-order valence-electron chi connectivity index (χ0n) is 12.8. The van der Waals surface area contributed by atoms with Crippen LogP contribution in [-0.2, 0) is 6.54 Å². The summed E-state index contributed by atoms with van der Waals surface area (Å²) in [5.41, 5.74) is 0.407. The van der Waals surface area contributed by atoms with Crippen LogP contribution in [0.4, 0.5) is 0 Å². The summed E-state index contributed by atoms with van der Waals surface area (Å²) < 4.78 is 0. The maximum atomic E-state index is 4.50. The minimum absolute atomic E-state index is 0.407. The molecule has 4 heteroatoms. The van der Waals surface area contributed by atoms with Crippen LogP contribution in [-0.4, -0.2) is 34.6 Å². The van der Waals surface area contributed by atoms with Gasteiger partial charge in [0.25, 0.3) is 0 Å². The van der Waals surface area contributed by atoms with E-state index in [9.17, 15) is 0 Å². The maximum absolute atomic E-state index is 4.50. The van der Waals surface area contributed by atoms with Crippen LogP contribution in [0.3, 0.4) is 0 Å². The third kappa shape index (κ3) is 3.23. The van der Waals surface area contributed by atoms with E-state index in [0.717, 1.165) is 19.0 Å². The van der Waals surface area contributed by atoms with Crippen molar-refractivity contribution in [2.75, 3.05) is 13.1 Å². The Hall–Kier alpha value is -0.450. The number of hydrogen-bond donors (Lipinski definition) is 1. The normalized spacial score (nSPS) is 26.6. The molecule has 0 amide bonds. The maximum Gasteiger partial charge on any atom is 0.107 e. The van der Waals surface area contributed by atoms with Crippen LogP contribution in [0.5, 0.6) is 0 Å². The Morgan fingerprint density at radius 1 is 1.45 bits per heavy atom. The summed E-state index contributed by atoms with van der Waals surface area (Å²) in [5, 5.41) is 7.27. The fourth-order valence-electron chi connectivity index (χ4n) is 3.89. The molecule has 1 spiro atoms. The number of aromatic nitrogens is 1. The highest BCUT2D eigenvalue weighted by Crippen LogP contribution is 2.34. The molecule has 1 aliphatic heterocycles. The zero-order valence-corrected chi connectivity index (χ0v) is 13.6. The highest BCUT2D eigenvalue weighted by Gasteiger charge is 2.41. The summed E-state index contributed by atoms with van der Waals surface area (Å²) in [6.45, 7) is 8.08. The van der Waals surface area contributed by atoms with Crippen LogP contribution in [0.15, 0.2) is 11.6 Å². The van der Waals surface area contributed by atoms with Gasteiger partial charge in [-0.3, -0.25) is 4.90 Å². The number of thiazole rings is 1. The highest BCUT2D eigenvalue weighted by atomic mass is 32.1. The van der Waals surface area contributed by atoms with Crippen LogP contribution in [0.1, 0.15) is 51.0 Å². The van der Waals surface area contributed by atoms with Gasteiger partial charge in [0.05, 0.1) is 6.54 Å². The molecule has 1 aliphatic carbocycles. The van der Waals surface area contributed by atoms with Gasteiger partial charge in [-0.2, -0.15) is 0 Å². The second-order valence-electron chi connectivity index (χ2n) is 6.98. The molecule has 1 aromatic heterocycles. The average Bonchev–Trinajstić information content (AvgIpc) is 3.05. The quantitative estimate of drug-likeness (QED) is 0.923. The Kier molecular flexibility index (Phi) is 4.43. The van der Waals surface area contributed by atoms with Crippen LogP contribution >= 0.6 is 11.3 Å². The smallest absolute Gasteiger partial charge is 0.107 e. The predicted octanol–water partition coefficient (Wildman–Crippen LogP) is 3.28.